The predicted octanol–water partition coefficient (Wildman–Crippen LogP) is 15.9. The van der Waals surface area contributed by atoms with E-state index in [4.69, 9.17) is 76.9 Å². The topological polar surface area (TPSA) is 371 Å². The average Bonchev–Trinajstić information content (AvgIpc) is 1.09. The van der Waals surface area contributed by atoms with Crippen LogP contribution in [0.1, 0.15) is 129 Å². The van der Waals surface area contributed by atoms with E-state index in [1.807, 2.05) is 135 Å². The van der Waals surface area contributed by atoms with Crippen molar-refractivity contribution in [2.45, 2.75) is 151 Å². The number of amides is 3. The fraction of sp³-hybridized carbons (Fsp3) is 0.323. The molecule has 0 bridgehead atoms. The number of nitrogens with two attached hydrogens (primary N) is 3. The van der Waals surface area contributed by atoms with Crippen LogP contribution in [0.2, 0.25) is 15.1 Å². The summed E-state index contributed by atoms with van der Waals surface area (Å²) in [5, 5.41) is 1.61. The van der Waals surface area contributed by atoms with Gasteiger partial charge in [-0.15, -0.1) is 0 Å². The van der Waals surface area contributed by atoms with Gasteiger partial charge in [0.2, 0.25) is 17.7 Å². The number of carbonyl (C=O) groups is 3. The summed E-state index contributed by atoms with van der Waals surface area (Å²) in [4.78, 5) is 143. The Balaban J connectivity index is 0.000000150. The van der Waals surface area contributed by atoms with Crippen molar-refractivity contribution in [1.82, 2.24) is 96.9 Å². The van der Waals surface area contributed by atoms with Gasteiger partial charge in [0.15, 0.2) is 28.2 Å². The minimum Gasteiger partial charge on any atom is -0.398 e. The Morgan fingerprint density at radius 1 is 0.391 bits per heavy atom. The SMILES string of the molecule is C=CC(=O)N1C[C@H](C)N(c2nc(=O)n(-c3c(C)nc4c(ncn4C)c3C(C)C)c3nc(-c4c(N)cccc4F)c(Cl)cc23)C[C@H]1C.C=CC(=O)N1C[C@H](C)N(c2nc(=O)n(-c3c(C)nc4c(ncn4C)c3C(C)C)c3nc(-c4c(N)cccc4F)c(Cl)cc23)C[C@H]1C.C=CC(=O)N1C[C@H](C)N(c2nc(=O)n(-c3c(F)cc4c(ncn4C)c3C(C)C)c3nc(-c4c(N)cccc4F)c(Cl)cc23)C[C@H]1C. The highest BCUT2D eigenvalue weighted by Crippen LogP contribution is 2.46. The molecule has 4 aromatic carbocycles. The van der Waals surface area contributed by atoms with Crippen molar-refractivity contribution < 1.29 is 31.9 Å². The summed E-state index contributed by atoms with van der Waals surface area (Å²) in [7, 11) is 5.49. The molecule has 0 aliphatic carbocycles. The van der Waals surface area contributed by atoms with Crippen molar-refractivity contribution in [1.29, 1.82) is 0 Å². The Hall–Kier alpha value is -14.5. The van der Waals surface area contributed by atoms with Crippen LogP contribution < -0.4 is 49.0 Å². The number of aromatic nitrogens is 17. The van der Waals surface area contributed by atoms with E-state index in [0.29, 0.717) is 129 Å². The molecule has 3 aliphatic rings. The number of piperazine rings is 3. The van der Waals surface area contributed by atoms with Crippen LogP contribution in [0.5, 0.6) is 0 Å². The van der Waals surface area contributed by atoms with Gasteiger partial charge in [0, 0.05) is 136 Å². The van der Waals surface area contributed by atoms with Crippen LogP contribution in [0.25, 0.3) is 117 Å². The lowest BCUT2D eigenvalue weighted by molar-refractivity contribution is -0.129. The third-order valence-corrected chi connectivity index (χ3v) is 26.7. The van der Waals surface area contributed by atoms with E-state index in [2.05, 4.69) is 49.6 Å². The van der Waals surface area contributed by atoms with Gasteiger partial charge >= 0.3 is 17.1 Å². The van der Waals surface area contributed by atoms with E-state index in [9.17, 15) is 28.8 Å². The summed E-state index contributed by atoms with van der Waals surface area (Å²) >= 11 is 20.5. The monoisotopic (exact) mass is 1930 g/mol. The van der Waals surface area contributed by atoms with E-state index in [1.165, 1.54) is 75.9 Å². The fourth-order valence-corrected chi connectivity index (χ4v) is 20.0. The quantitative estimate of drug-likeness (QED) is 0.0487. The van der Waals surface area contributed by atoms with Crippen LogP contribution >= 0.6 is 34.8 Å². The summed E-state index contributed by atoms with van der Waals surface area (Å²) in [6.07, 6.45) is 8.82. The molecule has 0 spiro atoms. The number of fused-ring (bicyclic) bond motifs is 6. The lowest BCUT2D eigenvalue weighted by Crippen LogP contribution is -2.58. The number of hydrogen-bond acceptors (Lipinski definition) is 23. The lowest BCUT2D eigenvalue weighted by Gasteiger charge is -2.44. The number of carbonyl (C=O) groups excluding carboxylic acids is 3. The molecule has 6 atom stereocenters. The van der Waals surface area contributed by atoms with Gasteiger partial charge in [0.1, 0.15) is 51.8 Å². The second kappa shape index (κ2) is 37.5. The molecule has 39 heteroatoms. The highest BCUT2D eigenvalue weighted by molar-refractivity contribution is 6.35. The molecular formula is C99H103Cl3F4N26O6. The smallest absolute Gasteiger partial charge is 0.355 e. The minimum atomic E-state index is -0.801. The first kappa shape index (κ1) is 96.6. The largest absolute Gasteiger partial charge is 0.398 e. The number of nitrogen functional groups attached to an aromatic ring is 3. The first-order valence-electron chi connectivity index (χ1n) is 44.9. The molecule has 0 saturated carbocycles. The Morgan fingerprint density at radius 3 is 0.978 bits per heavy atom. The third-order valence-electron chi connectivity index (χ3n) is 25.8. The third kappa shape index (κ3) is 16.7. The van der Waals surface area contributed by atoms with Gasteiger partial charge in [-0.25, -0.2) is 85.5 Å². The molecule has 3 aliphatic heterocycles. The van der Waals surface area contributed by atoms with Gasteiger partial charge in [0.25, 0.3) is 0 Å². The molecule has 18 rings (SSSR count). The van der Waals surface area contributed by atoms with Gasteiger partial charge in [-0.2, -0.15) is 15.0 Å². The normalized spacial score (nSPS) is 17.0. The van der Waals surface area contributed by atoms with E-state index in [-0.39, 0.29) is 166 Å². The van der Waals surface area contributed by atoms with Gasteiger partial charge in [0.05, 0.1) is 123 Å². The number of aryl methyl sites for hydroxylation is 5. The average molecular weight is 1940 g/mol. The van der Waals surface area contributed by atoms with Crippen molar-refractivity contribution in [3.05, 3.63) is 234 Å². The molecule has 138 heavy (non-hydrogen) atoms. The number of benzene rings is 4. The Labute approximate surface area is 805 Å². The number of imidazole rings is 3. The van der Waals surface area contributed by atoms with Crippen molar-refractivity contribution in [3.63, 3.8) is 0 Å². The molecule has 3 fully saturated rings. The Morgan fingerprint density at radius 2 is 0.681 bits per heavy atom. The van der Waals surface area contributed by atoms with E-state index in [0.717, 1.165) is 15.7 Å². The summed E-state index contributed by atoms with van der Waals surface area (Å²) in [6, 6.07) is 17.7. The van der Waals surface area contributed by atoms with Gasteiger partial charge in [-0.3, -0.25) is 14.4 Å². The van der Waals surface area contributed by atoms with Gasteiger partial charge in [-0.1, -0.05) is 114 Å². The first-order valence-corrected chi connectivity index (χ1v) is 46.0. The first-order chi connectivity index (χ1) is 65.5. The maximum absolute atomic E-state index is 16.3. The summed E-state index contributed by atoms with van der Waals surface area (Å²) < 4.78 is 71.5. The maximum atomic E-state index is 16.3. The zero-order valence-electron chi connectivity index (χ0n) is 79.1. The fourth-order valence-electron chi connectivity index (χ4n) is 19.2. The highest BCUT2D eigenvalue weighted by atomic mass is 35.5. The highest BCUT2D eigenvalue weighted by Gasteiger charge is 2.41. The molecule has 0 unspecified atom stereocenters. The van der Waals surface area contributed by atoms with Crippen LogP contribution in [0.4, 0.5) is 52.1 Å². The zero-order chi connectivity index (χ0) is 99.6. The van der Waals surface area contributed by atoms with Crippen molar-refractivity contribution in [3.8, 4) is 50.8 Å². The second-order valence-electron chi connectivity index (χ2n) is 36.3. The van der Waals surface area contributed by atoms with Crippen molar-refractivity contribution >= 4 is 154 Å². The molecule has 32 nitrogen and oxygen atoms in total. The van der Waals surface area contributed by atoms with E-state index < -0.39 is 40.3 Å². The number of hydrogen-bond donors (Lipinski definition) is 3. The van der Waals surface area contributed by atoms with Crippen LogP contribution in [0.15, 0.2) is 150 Å². The molecule has 714 valence electrons. The lowest BCUT2D eigenvalue weighted by atomic mass is 9.98. The Bertz CT molecular complexity index is 7030. The van der Waals surface area contributed by atoms with Crippen LogP contribution in [-0.2, 0) is 35.5 Å². The number of pyridine rings is 5. The molecule has 15 aromatic rings. The summed E-state index contributed by atoms with van der Waals surface area (Å²) in [5.41, 5.74) is 25.6. The molecule has 6 N–H and O–H groups in total. The van der Waals surface area contributed by atoms with Crippen LogP contribution in [0.3, 0.4) is 0 Å². The maximum Gasteiger partial charge on any atom is 0.355 e. The zero-order valence-corrected chi connectivity index (χ0v) is 81.4. The number of anilines is 6. The standard InChI is InChI=1S/C33H33ClF2N8O2.2C33H35ClFN9O2/c1-7-25(45)42-13-18(5)43(14-17(42)4)31-19-11-20(34)28(27-21(35)9-8-10-23(27)37)39-32(19)44(33(46)40-31)30-22(36)12-24-29(26(30)16(2)3)38-15-41(24)6;2*1-8-24(45)42-13-18(5)43(14-17(42)4)30-20-12-21(34)27(26-22(35)10-9-11-23(26)36)39-31(20)44(33(46)40-30)29-19(6)38-32-28(25(29)16(2)3)37-15-41(32)7/h7-12,15-18H,1,13-14,37H2,2-6H3;2*8-12,15-18H,1,13-14,36H2,2-7H3/t3*17-,18+/m111/s1. The predicted molar refractivity (Wildman–Crippen MR) is 534 cm³/mol. The number of rotatable bonds is 15. The van der Waals surface area contributed by atoms with Crippen LogP contribution in [0, 0.1) is 37.1 Å². The molecule has 3 saturated heterocycles. The van der Waals surface area contributed by atoms with Gasteiger partial charge in [-0.05, 0) is 146 Å². The van der Waals surface area contributed by atoms with Gasteiger partial charge < -0.3 is 60.3 Å². The number of nitrogens with zero attached hydrogens (tertiary/aromatic N) is 23. The van der Waals surface area contributed by atoms with Crippen molar-refractivity contribution in [2.24, 2.45) is 21.1 Å². The van der Waals surface area contributed by atoms with Crippen LogP contribution in [-0.4, -0.2) is 190 Å². The Kier molecular flexibility index (Phi) is 26.3. The van der Waals surface area contributed by atoms with E-state index in [1.54, 1.807) is 75.6 Å². The minimum absolute atomic E-state index is 0.0108. The molecular weight excluding hydrogens is 1830 g/mol. The van der Waals surface area contributed by atoms with E-state index >= 15 is 17.6 Å². The molecule has 3 amide bonds. The molecule has 0 radical (unpaired) electrons. The molecule has 14 heterocycles. The summed E-state index contributed by atoms with van der Waals surface area (Å²) in [5.74, 6) is -2.51. The summed E-state index contributed by atoms with van der Waals surface area (Å²) in [6.45, 7) is 40.2. The second-order valence-corrected chi connectivity index (χ2v) is 37.5. The molecule has 11 aromatic heterocycles. The van der Waals surface area contributed by atoms with Crippen molar-refractivity contribution in [2.75, 3.05) is 71.2 Å². The number of halogens is 7.